The Hall–Kier alpha value is -2.47. The zero-order valence-corrected chi connectivity index (χ0v) is 13.0. The molecule has 0 aliphatic heterocycles. The maximum absolute atomic E-state index is 13.0. The molecule has 0 fully saturated rings. The molecule has 1 aromatic heterocycles. The Balaban J connectivity index is 1.96. The number of hydrogen-bond acceptors (Lipinski definition) is 4. The van der Waals surface area contributed by atoms with Crippen LogP contribution in [0.1, 0.15) is 35.9 Å². The average Bonchev–Trinajstić information content (AvgIpc) is 2.52. The number of aromatic nitrogens is 1. The van der Waals surface area contributed by atoms with Crippen molar-refractivity contribution in [3.05, 3.63) is 59.7 Å². The van der Waals surface area contributed by atoms with Gasteiger partial charge in [0.15, 0.2) is 0 Å². The molecular formula is C17H19FN2O3. The second-order valence-electron chi connectivity index (χ2n) is 5.36. The fourth-order valence-electron chi connectivity index (χ4n) is 2.01. The predicted molar refractivity (Wildman–Crippen MR) is 83.7 cm³/mol. The Labute approximate surface area is 134 Å². The number of halogens is 1. The monoisotopic (exact) mass is 318 g/mol. The first-order valence-corrected chi connectivity index (χ1v) is 7.29. The molecule has 0 aliphatic rings. The van der Waals surface area contributed by atoms with Crippen molar-refractivity contribution in [2.45, 2.75) is 26.1 Å². The maximum Gasteiger partial charge on any atom is 0.253 e. The van der Waals surface area contributed by atoms with Crippen LogP contribution in [-0.4, -0.2) is 28.6 Å². The van der Waals surface area contributed by atoms with E-state index in [2.05, 4.69) is 10.3 Å². The lowest BCUT2D eigenvalue weighted by atomic mass is 10.1. The zero-order valence-electron chi connectivity index (χ0n) is 13.0. The number of carbonyl (C=O) groups is 1. The summed E-state index contributed by atoms with van der Waals surface area (Å²) in [7, 11) is 0. The molecule has 6 heteroatoms. The second kappa shape index (κ2) is 7.69. The van der Waals surface area contributed by atoms with Gasteiger partial charge in [0.1, 0.15) is 11.6 Å². The van der Waals surface area contributed by atoms with Crippen molar-refractivity contribution in [2.75, 3.05) is 6.54 Å². The summed E-state index contributed by atoms with van der Waals surface area (Å²) in [6.45, 7) is 3.83. The third-order valence-electron chi connectivity index (χ3n) is 3.04. The van der Waals surface area contributed by atoms with Crippen molar-refractivity contribution in [3.63, 3.8) is 0 Å². The molecular weight excluding hydrogens is 299 g/mol. The molecule has 122 valence electrons. The number of nitrogens with one attached hydrogen (secondary N) is 1. The van der Waals surface area contributed by atoms with Gasteiger partial charge in [-0.3, -0.25) is 9.78 Å². The molecule has 0 bridgehead atoms. The fraction of sp³-hybridized carbons (Fsp3) is 0.294. The van der Waals surface area contributed by atoms with E-state index in [1.54, 1.807) is 24.3 Å². The Kier molecular flexibility index (Phi) is 5.65. The lowest BCUT2D eigenvalue weighted by Crippen LogP contribution is -2.28. The molecule has 23 heavy (non-hydrogen) atoms. The highest BCUT2D eigenvalue weighted by Gasteiger charge is 2.12. The molecule has 1 aromatic carbocycles. The normalized spacial score (nSPS) is 12.0. The third-order valence-corrected chi connectivity index (χ3v) is 3.04. The standard InChI is InChI=1S/C17H19FN2O3/c1-11(2)23-15-5-3-4-12(7-15)16(21)10-20-17(22)13-6-14(18)9-19-8-13/h3-9,11,16,21H,10H2,1-2H3,(H,20,22). The van der Waals surface area contributed by atoms with Crippen LogP contribution in [0.2, 0.25) is 0 Å². The van der Waals surface area contributed by atoms with Crippen molar-refractivity contribution in [1.29, 1.82) is 0 Å². The second-order valence-corrected chi connectivity index (χ2v) is 5.36. The van der Waals surface area contributed by atoms with Crippen LogP contribution in [0, 0.1) is 5.82 Å². The summed E-state index contributed by atoms with van der Waals surface area (Å²) in [5, 5.41) is 12.7. The van der Waals surface area contributed by atoms with E-state index < -0.39 is 17.8 Å². The van der Waals surface area contributed by atoms with E-state index in [0.717, 1.165) is 12.3 Å². The molecule has 0 saturated carbocycles. The summed E-state index contributed by atoms with van der Waals surface area (Å²) in [5.41, 5.74) is 0.731. The molecule has 1 unspecified atom stereocenters. The predicted octanol–water partition coefficient (Wildman–Crippen LogP) is 2.47. The van der Waals surface area contributed by atoms with Crippen LogP contribution >= 0.6 is 0 Å². The van der Waals surface area contributed by atoms with Crippen LogP contribution in [0.4, 0.5) is 4.39 Å². The highest BCUT2D eigenvalue weighted by molar-refractivity contribution is 5.93. The number of benzene rings is 1. The Morgan fingerprint density at radius 2 is 2.13 bits per heavy atom. The minimum absolute atomic E-state index is 0.000475. The van der Waals surface area contributed by atoms with E-state index in [0.29, 0.717) is 11.3 Å². The number of aliphatic hydroxyl groups excluding tert-OH is 1. The van der Waals surface area contributed by atoms with Crippen LogP contribution < -0.4 is 10.1 Å². The quantitative estimate of drug-likeness (QED) is 0.858. The van der Waals surface area contributed by atoms with Gasteiger partial charge in [-0.15, -0.1) is 0 Å². The zero-order chi connectivity index (χ0) is 16.8. The number of rotatable bonds is 6. The third kappa shape index (κ3) is 5.03. The van der Waals surface area contributed by atoms with Gasteiger partial charge in [-0.25, -0.2) is 4.39 Å². The number of carbonyl (C=O) groups excluding carboxylic acids is 1. The van der Waals surface area contributed by atoms with Gasteiger partial charge >= 0.3 is 0 Å². The van der Waals surface area contributed by atoms with Gasteiger partial charge in [-0.05, 0) is 37.6 Å². The highest BCUT2D eigenvalue weighted by Crippen LogP contribution is 2.20. The van der Waals surface area contributed by atoms with E-state index in [-0.39, 0.29) is 18.2 Å². The van der Waals surface area contributed by atoms with Gasteiger partial charge in [-0.1, -0.05) is 12.1 Å². The minimum Gasteiger partial charge on any atom is -0.491 e. The van der Waals surface area contributed by atoms with E-state index in [9.17, 15) is 14.3 Å². The van der Waals surface area contributed by atoms with Gasteiger partial charge < -0.3 is 15.2 Å². The van der Waals surface area contributed by atoms with E-state index in [1.165, 1.54) is 6.20 Å². The van der Waals surface area contributed by atoms with Crippen molar-refractivity contribution < 1.29 is 19.0 Å². The molecule has 0 spiro atoms. The molecule has 2 N–H and O–H groups in total. The number of aliphatic hydroxyl groups is 1. The molecule has 2 aromatic rings. The van der Waals surface area contributed by atoms with Crippen molar-refractivity contribution in [1.82, 2.24) is 10.3 Å². The number of ether oxygens (including phenoxy) is 1. The average molecular weight is 318 g/mol. The number of amides is 1. The summed E-state index contributed by atoms with van der Waals surface area (Å²) in [4.78, 5) is 15.5. The molecule has 5 nitrogen and oxygen atoms in total. The van der Waals surface area contributed by atoms with Crippen LogP contribution in [0.25, 0.3) is 0 Å². The van der Waals surface area contributed by atoms with Gasteiger partial charge in [0, 0.05) is 12.7 Å². The van der Waals surface area contributed by atoms with Crippen molar-refractivity contribution in [2.24, 2.45) is 0 Å². The summed E-state index contributed by atoms with van der Waals surface area (Å²) in [6, 6.07) is 8.13. The summed E-state index contributed by atoms with van der Waals surface area (Å²) in [5.74, 6) is -0.431. The Morgan fingerprint density at radius 1 is 1.35 bits per heavy atom. The topological polar surface area (TPSA) is 71.5 Å². The fourth-order valence-corrected chi connectivity index (χ4v) is 2.01. The molecule has 1 heterocycles. The van der Waals surface area contributed by atoms with E-state index >= 15 is 0 Å². The Bertz CT molecular complexity index is 676. The van der Waals surface area contributed by atoms with Crippen molar-refractivity contribution >= 4 is 5.91 Å². The first-order valence-electron chi connectivity index (χ1n) is 7.29. The van der Waals surface area contributed by atoms with E-state index in [4.69, 9.17) is 4.74 Å². The number of pyridine rings is 1. The maximum atomic E-state index is 13.0. The lowest BCUT2D eigenvalue weighted by Gasteiger charge is -2.15. The largest absolute Gasteiger partial charge is 0.491 e. The SMILES string of the molecule is CC(C)Oc1cccc(C(O)CNC(=O)c2cncc(F)c2)c1. The van der Waals surface area contributed by atoms with Crippen LogP contribution in [-0.2, 0) is 0 Å². The van der Waals surface area contributed by atoms with Crippen molar-refractivity contribution in [3.8, 4) is 5.75 Å². The lowest BCUT2D eigenvalue weighted by molar-refractivity contribution is 0.0915. The number of hydrogen-bond donors (Lipinski definition) is 2. The minimum atomic E-state index is -0.892. The van der Waals surface area contributed by atoms with Gasteiger partial charge in [-0.2, -0.15) is 0 Å². The molecule has 2 rings (SSSR count). The van der Waals surface area contributed by atoms with Gasteiger partial charge in [0.2, 0.25) is 0 Å². The highest BCUT2D eigenvalue weighted by atomic mass is 19.1. The van der Waals surface area contributed by atoms with Gasteiger partial charge in [0.25, 0.3) is 5.91 Å². The number of nitrogens with zero attached hydrogens (tertiary/aromatic N) is 1. The van der Waals surface area contributed by atoms with Gasteiger partial charge in [0.05, 0.1) is 24.0 Å². The van der Waals surface area contributed by atoms with E-state index in [1.807, 2.05) is 13.8 Å². The van der Waals surface area contributed by atoms with Crippen LogP contribution in [0.3, 0.4) is 0 Å². The Morgan fingerprint density at radius 3 is 2.83 bits per heavy atom. The molecule has 0 radical (unpaired) electrons. The molecule has 0 aliphatic carbocycles. The molecule has 1 atom stereocenters. The summed E-state index contributed by atoms with van der Waals surface area (Å²) in [6.07, 6.45) is 1.42. The molecule has 1 amide bonds. The first kappa shape index (κ1) is 16.9. The summed E-state index contributed by atoms with van der Waals surface area (Å²) < 4.78 is 18.6. The van der Waals surface area contributed by atoms with Crippen LogP contribution in [0.5, 0.6) is 5.75 Å². The first-order chi connectivity index (χ1) is 11.0. The summed E-state index contributed by atoms with van der Waals surface area (Å²) >= 11 is 0. The van der Waals surface area contributed by atoms with Crippen LogP contribution in [0.15, 0.2) is 42.7 Å². The molecule has 0 saturated heterocycles. The smallest absolute Gasteiger partial charge is 0.253 e.